The van der Waals surface area contributed by atoms with Gasteiger partial charge in [-0.2, -0.15) is 0 Å². The van der Waals surface area contributed by atoms with E-state index < -0.39 is 0 Å². The van der Waals surface area contributed by atoms with E-state index in [0.717, 1.165) is 22.8 Å². The number of hydrogen-bond donors (Lipinski definition) is 1. The van der Waals surface area contributed by atoms with Gasteiger partial charge in [-0.1, -0.05) is 30.3 Å². The molecule has 0 bridgehead atoms. The molecule has 0 unspecified atom stereocenters. The van der Waals surface area contributed by atoms with Crippen LogP contribution in [0.1, 0.15) is 25.0 Å². The van der Waals surface area contributed by atoms with Crippen molar-refractivity contribution < 1.29 is 0 Å². The van der Waals surface area contributed by atoms with Crippen LogP contribution in [0.4, 0.5) is 11.4 Å². The number of rotatable bonds is 5. The van der Waals surface area contributed by atoms with Gasteiger partial charge >= 0.3 is 0 Å². The first kappa shape index (κ1) is 17.4. The molecule has 0 aliphatic carbocycles. The molecule has 2 rings (SSSR count). The fourth-order valence-electron chi connectivity index (χ4n) is 2.50. The van der Waals surface area contributed by atoms with Gasteiger partial charge in [0.25, 0.3) is 0 Å². The molecule has 0 atom stereocenters. The lowest BCUT2D eigenvalue weighted by Gasteiger charge is -2.11. The van der Waals surface area contributed by atoms with Crippen molar-refractivity contribution in [1.82, 2.24) is 0 Å². The number of nitrogens with one attached hydrogen (secondary N) is 1. The normalized spacial score (nSPS) is 12.4. The van der Waals surface area contributed by atoms with Crippen molar-refractivity contribution >= 4 is 28.8 Å². The van der Waals surface area contributed by atoms with Gasteiger partial charge in [-0.25, -0.2) is 0 Å². The Hall–Kier alpha value is -2.00. The molecule has 0 heterocycles. The summed E-state index contributed by atoms with van der Waals surface area (Å²) in [6, 6.07) is 14.6. The minimum absolute atomic E-state index is 0.994. The molecule has 0 aliphatic rings. The number of aliphatic imine (C=N–C) groups is 1. The molecule has 0 fully saturated rings. The van der Waals surface area contributed by atoms with Gasteiger partial charge in [0.2, 0.25) is 0 Å². The molecule has 0 radical (unpaired) electrons. The van der Waals surface area contributed by atoms with E-state index in [1.807, 2.05) is 13.0 Å². The van der Waals surface area contributed by atoms with Crippen molar-refractivity contribution in [3.8, 4) is 0 Å². The van der Waals surface area contributed by atoms with E-state index in [9.17, 15) is 0 Å². The second-order valence-corrected chi connectivity index (χ2v) is 6.49. The first-order valence-corrected chi connectivity index (χ1v) is 8.93. The maximum atomic E-state index is 4.78. The molecule has 0 aromatic heterocycles. The smallest absolute Gasteiger partial charge is 0.0691 e. The quantitative estimate of drug-likeness (QED) is 0.528. The van der Waals surface area contributed by atoms with Crippen LogP contribution in [0.15, 0.2) is 64.1 Å². The third-order valence-corrected chi connectivity index (χ3v) is 4.39. The average Bonchev–Trinajstić information content (AvgIpc) is 2.51. The van der Waals surface area contributed by atoms with Gasteiger partial charge in [0.1, 0.15) is 0 Å². The maximum Gasteiger partial charge on any atom is 0.0691 e. The van der Waals surface area contributed by atoms with E-state index in [2.05, 4.69) is 74.8 Å². The molecular formula is C20H24N2S. The van der Waals surface area contributed by atoms with Gasteiger partial charge < -0.3 is 5.32 Å². The Balaban J connectivity index is 2.21. The Morgan fingerprint density at radius 1 is 1.00 bits per heavy atom. The number of nitrogens with zero attached hydrogens (tertiary/aromatic N) is 1. The number of aryl methyl sites for hydroxylation is 2. The average molecular weight is 324 g/mol. The topological polar surface area (TPSA) is 24.4 Å². The first-order chi connectivity index (χ1) is 11.0. The maximum absolute atomic E-state index is 4.78. The Labute approximate surface area is 143 Å². The summed E-state index contributed by atoms with van der Waals surface area (Å²) in [7, 11) is 0. The molecule has 3 heteroatoms. The summed E-state index contributed by atoms with van der Waals surface area (Å²) in [6.45, 7) is 8.31. The molecule has 0 spiro atoms. The summed E-state index contributed by atoms with van der Waals surface area (Å²) in [4.78, 5) is 6.02. The molecule has 2 aromatic carbocycles. The standard InChI is InChI=1S/C20H24N2S/c1-14-9-8-10-15(2)20(14)22-17(4)13-16(3)21-18-11-6-7-12-19(18)23-5/h6-13,21H,1-5H3/b16-13-,22-17?. The van der Waals surface area contributed by atoms with Crippen LogP contribution < -0.4 is 5.32 Å². The molecule has 2 aromatic rings. The van der Waals surface area contributed by atoms with E-state index in [4.69, 9.17) is 4.99 Å². The number of anilines is 1. The molecule has 1 N–H and O–H groups in total. The fourth-order valence-corrected chi connectivity index (χ4v) is 3.05. The van der Waals surface area contributed by atoms with Gasteiger partial charge in [0.15, 0.2) is 0 Å². The Kier molecular flexibility index (Phi) is 6.05. The summed E-state index contributed by atoms with van der Waals surface area (Å²) in [5.41, 5.74) is 6.69. The van der Waals surface area contributed by atoms with Crippen molar-refractivity contribution in [3.63, 3.8) is 0 Å². The third-order valence-electron chi connectivity index (χ3n) is 3.59. The van der Waals surface area contributed by atoms with Gasteiger partial charge in [-0.3, -0.25) is 4.99 Å². The van der Waals surface area contributed by atoms with Crippen LogP contribution in [0.25, 0.3) is 0 Å². The molecule has 120 valence electrons. The lowest BCUT2D eigenvalue weighted by Crippen LogP contribution is -1.99. The zero-order valence-electron chi connectivity index (χ0n) is 14.5. The lowest BCUT2D eigenvalue weighted by molar-refractivity contribution is 1.31. The van der Waals surface area contributed by atoms with Crippen molar-refractivity contribution in [2.45, 2.75) is 32.6 Å². The van der Waals surface area contributed by atoms with Gasteiger partial charge in [0.05, 0.1) is 11.4 Å². The van der Waals surface area contributed by atoms with Gasteiger partial charge in [-0.05, 0) is 63.3 Å². The van der Waals surface area contributed by atoms with Crippen molar-refractivity contribution in [2.24, 2.45) is 4.99 Å². The predicted molar refractivity (Wildman–Crippen MR) is 104 cm³/mol. The largest absolute Gasteiger partial charge is 0.358 e. The van der Waals surface area contributed by atoms with Crippen LogP contribution in [-0.4, -0.2) is 12.0 Å². The third kappa shape index (κ3) is 4.73. The second kappa shape index (κ2) is 8.02. The van der Waals surface area contributed by atoms with Gasteiger partial charge in [-0.15, -0.1) is 11.8 Å². The highest BCUT2D eigenvalue weighted by Crippen LogP contribution is 2.26. The summed E-state index contributed by atoms with van der Waals surface area (Å²) < 4.78 is 0. The van der Waals surface area contributed by atoms with Crippen LogP contribution >= 0.6 is 11.8 Å². The van der Waals surface area contributed by atoms with Crippen molar-refractivity contribution in [1.29, 1.82) is 0 Å². The minimum atomic E-state index is 0.994. The number of para-hydroxylation sites is 2. The monoisotopic (exact) mass is 324 g/mol. The zero-order valence-corrected chi connectivity index (χ0v) is 15.3. The highest BCUT2D eigenvalue weighted by molar-refractivity contribution is 7.98. The van der Waals surface area contributed by atoms with E-state index in [1.165, 1.54) is 16.0 Å². The lowest BCUT2D eigenvalue weighted by atomic mass is 10.1. The molecule has 0 saturated heterocycles. The van der Waals surface area contributed by atoms with E-state index in [-0.39, 0.29) is 0 Å². The predicted octanol–water partition coefficient (Wildman–Crippen LogP) is 6.13. The van der Waals surface area contributed by atoms with E-state index in [1.54, 1.807) is 11.8 Å². The molecular weight excluding hydrogens is 300 g/mol. The number of hydrogen-bond acceptors (Lipinski definition) is 3. The Morgan fingerprint density at radius 2 is 1.65 bits per heavy atom. The summed E-state index contributed by atoms with van der Waals surface area (Å²) in [5, 5.41) is 3.47. The minimum Gasteiger partial charge on any atom is -0.358 e. The van der Waals surface area contributed by atoms with E-state index >= 15 is 0 Å². The van der Waals surface area contributed by atoms with Crippen LogP contribution in [0.3, 0.4) is 0 Å². The number of thioether (sulfide) groups is 1. The summed E-state index contributed by atoms with van der Waals surface area (Å²) in [6.07, 6.45) is 4.18. The number of allylic oxidation sites excluding steroid dienone is 2. The van der Waals surface area contributed by atoms with Gasteiger partial charge in [0, 0.05) is 16.3 Å². The first-order valence-electron chi connectivity index (χ1n) is 7.71. The summed E-state index contributed by atoms with van der Waals surface area (Å²) >= 11 is 1.74. The highest BCUT2D eigenvalue weighted by atomic mass is 32.2. The highest BCUT2D eigenvalue weighted by Gasteiger charge is 2.02. The Morgan fingerprint density at radius 3 is 2.30 bits per heavy atom. The van der Waals surface area contributed by atoms with Crippen molar-refractivity contribution in [3.05, 3.63) is 65.4 Å². The number of benzene rings is 2. The molecule has 2 nitrogen and oxygen atoms in total. The van der Waals surface area contributed by atoms with E-state index in [0.29, 0.717) is 0 Å². The van der Waals surface area contributed by atoms with Crippen LogP contribution in [0.2, 0.25) is 0 Å². The summed E-state index contributed by atoms with van der Waals surface area (Å²) in [5.74, 6) is 0. The fraction of sp³-hybridized carbons (Fsp3) is 0.250. The zero-order chi connectivity index (χ0) is 16.8. The molecule has 0 aliphatic heterocycles. The molecule has 0 saturated carbocycles. The van der Waals surface area contributed by atoms with Crippen molar-refractivity contribution in [2.75, 3.05) is 11.6 Å². The van der Waals surface area contributed by atoms with Crippen LogP contribution in [-0.2, 0) is 0 Å². The van der Waals surface area contributed by atoms with Crippen LogP contribution in [0, 0.1) is 13.8 Å². The molecule has 23 heavy (non-hydrogen) atoms. The van der Waals surface area contributed by atoms with Crippen LogP contribution in [0.5, 0.6) is 0 Å². The molecule has 0 amide bonds. The SMILES string of the molecule is CSc1ccccc1N/C(C)=C\C(C)=Nc1c(C)cccc1C. The Bertz CT molecular complexity index is 725. The second-order valence-electron chi connectivity index (χ2n) is 5.65.